The largest absolute Gasteiger partial charge is 0.380 e. The number of nitrogens with one attached hydrogen (secondary N) is 1. The molecule has 0 saturated heterocycles. The molecule has 0 radical (unpaired) electrons. The molecule has 0 unspecified atom stereocenters. The van der Waals surface area contributed by atoms with Gasteiger partial charge >= 0.3 is 0 Å². The molecule has 0 bridgehead atoms. The summed E-state index contributed by atoms with van der Waals surface area (Å²) in [6.45, 7) is 6.40. The van der Waals surface area contributed by atoms with E-state index in [1.54, 1.807) is 0 Å². The molecule has 2 rings (SSSR count). The molecule has 1 heterocycles. The minimum absolute atomic E-state index is 0.555. The number of benzene rings is 1. The highest BCUT2D eigenvalue weighted by Gasteiger charge is 2.09. The third-order valence-electron chi connectivity index (χ3n) is 2.38. The number of aromatic nitrogens is 2. The number of anilines is 1. The van der Waals surface area contributed by atoms with Crippen LogP contribution in [-0.4, -0.2) is 28.5 Å². The second-order valence-corrected chi connectivity index (χ2v) is 5.39. The number of hydrogen-bond donors (Lipinski definition) is 1. The molecule has 1 N–H and O–H groups in total. The number of halogens is 1. The van der Waals surface area contributed by atoms with Gasteiger partial charge in [0.2, 0.25) is 0 Å². The van der Waals surface area contributed by atoms with Crippen molar-refractivity contribution in [1.29, 1.82) is 0 Å². The zero-order chi connectivity index (χ0) is 13.0. The summed E-state index contributed by atoms with van der Waals surface area (Å²) in [5.74, 6) is 0.555. The van der Waals surface area contributed by atoms with Crippen LogP contribution in [0, 0.1) is 5.92 Å². The molecule has 0 spiro atoms. The van der Waals surface area contributed by atoms with Crippen LogP contribution < -0.4 is 5.32 Å². The Morgan fingerprint density at radius 2 is 2.22 bits per heavy atom. The van der Waals surface area contributed by atoms with Gasteiger partial charge in [-0.15, -0.1) is 0 Å². The molecule has 98 valence electrons. The van der Waals surface area contributed by atoms with E-state index in [1.807, 2.05) is 12.1 Å². The van der Waals surface area contributed by atoms with Gasteiger partial charge in [0, 0.05) is 13.2 Å². The summed E-state index contributed by atoms with van der Waals surface area (Å²) in [7, 11) is 0. The normalized spacial score (nSPS) is 11.3. The van der Waals surface area contributed by atoms with Crippen molar-refractivity contribution in [3.63, 3.8) is 0 Å². The molecule has 1 aromatic heterocycles. The second-order valence-electron chi connectivity index (χ2n) is 4.45. The lowest BCUT2D eigenvalue weighted by Gasteiger charge is -2.10. The van der Waals surface area contributed by atoms with Gasteiger partial charge in [0.25, 0.3) is 0 Å². The highest BCUT2D eigenvalue weighted by Crippen LogP contribution is 2.29. The van der Waals surface area contributed by atoms with Crippen molar-refractivity contribution in [2.24, 2.45) is 5.92 Å². The number of rotatable bonds is 6. The summed E-state index contributed by atoms with van der Waals surface area (Å²) < 4.78 is 13.9. The van der Waals surface area contributed by atoms with Crippen LogP contribution in [0.1, 0.15) is 13.8 Å². The first-order valence-electron chi connectivity index (χ1n) is 5.91. The third-order valence-corrected chi connectivity index (χ3v) is 3.23. The van der Waals surface area contributed by atoms with Crippen LogP contribution in [0.2, 0.25) is 5.02 Å². The predicted molar refractivity (Wildman–Crippen MR) is 76.6 cm³/mol. The van der Waals surface area contributed by atoms with Crippen molar-refractivity contribution in [3.05, 3.63) is 17.2 Å². The van der Waals surface area contributed by atoms with Crippen molar-refractivity contribution in [3.8, 4) is 0 Å². The minimum Gasteiger partial charge on any atom is -0.380 e. The predicted octanol–water partition coefficient (Wildman–Crippen LogP) is 3.43. The number of fused-ring (bicyclic) bond motifs is 1. The highest BCUT2D eigenvalue weighted by molar-refractivity contribution is 7.00. The summed E-state index contributed by atoms with van der Waals surface area (Å²) in [5.41, 5.74) is 2.54. The fraction of sp³-hybridized carbons (Fsp3) is 0.500. The fourth-order valence-corrected chi connectivity index (χ4v) is 2.32. The van der Waals surface area contributed by atoms with Gasteiger partial charge in [-0.2, -0.15) is 8.75 Å². The van der Waals surface area contributed by atoms with Crippen LogP contribution in [0.5, 0.6) is 0 Å². The number of ether oxygens (including phenoxy) is 1. The van der Waals surface area contributed by atoms with Crippen molar-refractivity contribution in [2.75, 3.05) is 25.1 Å². The van der Waals surface area contributed by atoms with Gasteiger partial charge in [0.15, 0.2) is 0 Å². The van der Waals surface area contributed by atoms with Gasteiger partial charge in [-0.05, 0) is 18.1 Å². The van der Waals surface area contributed by atoms with E-state index < -0.39 is 0 Å². The summed E-state index contributed by atoms with van der Waals surface area (Å²) in [6.07, 6.45) is 0. The molecule has 0 amide bonds. The summed E-state index contributed by atoms with van der Waals surface area (Å²) in [5, 5.41) is 3.93. The average molecular weight is 286 g/mol. The molecular formula is C12H16ClN3OS. The quantitative estimate of drug-likeness (QED) is 0.826. The molecule has 4 nitrogen and oxygen atoms in total. The van der Waals surface area contributed by atoms with Crippen molar-refractivity contribution >= 4 is 40.0 Å². The van der Waals surface area contributed by atoms with E-state index in [9.17, 15) is 0 Å². The molecule has 0 fully saturated rings. The van der Waals surface area contributed by atoms with Crippen LogP contribution >= 0.6 is 23.3 Å². The van der Waals surface area contributed by atoms with E-state index in [0.717, 1.165) is 23.3 Å². The summed E-state index contributed by atoms with van der Waals surface area (Å²) >= 11 is 7.35. The Kier molecular flexibility index (Phi) is 4.74. The van der Waals surface area contributed by atoms with E-state index >= 15 is 0 Å². The lowest BCUT2D eigenvalue weighted by atomic mass is 10.2. The van der Waals surface area contributed by atoms with E-state index in [2.05, 4.69) is 27.9 Å². The van der Waals surface area contributed by atoms with Crippen LogP contribution in [-0.2, 0) is 4.74 Å². The molecule has 6 heteroatoms. The Morgan fingerprint density at radius 3 is 3.00 bits per heavy atom. The van der Waals surface area contributed by atoms with Gasteiger partial charge < -0.3 is 10.1 Å². The maximum atomic E-state index is 6.16. The standard InChI is InChI=1S/C12H16ClN3OS/c1-8(2)7-17-6-5-14-11-9(13)3-4-10-12(11)16-18-15-10/h3-4,8,14H,5-7H2,1-2H3. The van der Waals surface area contributed by atoms with E-state index in [0.29, 0.717) is 24.1 Å². The molecule has 0 atom stereocenters. The molecule has 0 aliphatic heterocycles. The first-order valence-corrected chi connectivity index (χ1v) is 7.01. The van der Waals surface area contributed by atoms with Gasteiger partial charge in [0.1, 0.15) is 11.0 Å². The Labute approximate surface area is 116 Å². The molecule has 0 saturated carbocycles. The van der Waals surface area contributed by atoms with E-state index in [1.165, 1.54) is 11.7 Å². The number of hydrogen-bond acceptors (Lipinski definition) is 5. The SMILES string of the molecule is CC(C)COCCNc1c(Cl)ccc2nsnc12. The maximum Gasteiger partial charge on any atom is 0.129 e. The fourth-order valence-electron chi connectivity index (χ4n) is 1.56. The molecule has 0 aliphatic carbocycles. The smallest absolute Gasteiger partial charge is 0.129 e. The van der Waals surface area contributed by atoms with Crippen molar-refractivity contribution < 1.29 is 4.74 Å². The maximum absolute atomic E-state index is 6.16. The zero-order valence-electron chi connectivity index (χ0n) is 10.4. The average Bonchev–Trinajstić information content (AvgIpc) is 2.79. The summed E-state index contributed by atoms with van der Waals surface area (Å²) in [6, 6.07) is 3.71. The topological polar surface area (TPSA) is 47.0 Å². The van der Waals surface area contributed by atoms with Gasteiger partial charge in [0.05, 0.1) is 29.0 Å². The van der Waals surface area contributed by atoms with Crippen molar-refractivity contribution in [2.45, 2.75) is 13.8 Å². The lowest BCUT2D eigenvalue weighted by Crippen LogP contribution is -2.12. The van der Waals surface area contributed by atoms with Crippen LogP contribution in [0.25, 0.3) is 11.0 Å². The summed E-state index contributed by atoms with van der Waals surface area (Å²) in [4.78, 5) is 0. The van der Waals surface area contributed by atoms with Crippen LogP contribution in [0.4, 0.5) is 5.69 Å². The van der Waals surface area contributed by atoms with Crippen LogP contribution in [0.3, 0.4) is 0 Å². The Balaban J connectivity index is 1.94. The Morgan fingerprint density at radius 1 is 1.39 bits per heavy atom. The van der Waals surface area contributed by atoms with E-state index in [4.69, 9.17) is 16.3 Å². The van der Waals surface area contributed by atoms with Crippen LogP contribution in [0.15, 0.2) is 12.1 Å². The minimum atomic E-state index is 0.555. The van der Waals surface area contributed by atoms with Crippen molar-refractivity contribution in [1.82, 2.24) is 8.75 Å². The third kappa shape index (κ3) is 3.31. The molecule has 0 aliphatic rings. The zero-order valence-corrected chi connectivity index (χ0v) is 12.0. The molecule has 2 aromatic rings. The second kappa shape index (κ2) is 6.31. The monoisotopic (exact) mass is 285 g/mol. The highest BCUT2D eigenvalue weighted by atomic mass is 35.5. The molecule has 18 heavy (non-hydrogen) atoms. The van der Waals surface area contributed by atoms with Gasteiger partial charge in [-0.3, -0.25) is 0 Å². The first kappa shape index (κ1) is 13.5. The van der Waals surface area contributed by atoms with Gasteiger partial charge in [-0.1, -0.05) is 25.4 Å². The Hall–Kier alpha value is -0.910. The van der Waals surface area contributed by atoms with Gasteiger partial charge in [-0.25, -0.2) is 0 Å². The lowest BCUT2D eigenvalue weighted by molar-refractivity contribution is 0.118. The van der Waals surface area contributed by atoms with E-state index in [-0.39, 0.29) is 0 Å². The first-order chi connectivity index (χ1) is 8.68. The molecular weight excluding hydrogens is 270 g/mol. The number of nitrogens with zero attached hydrogens (tertiary/aromatic N) is 2. The molecule has 1 aromatic carbocycles. The Bertz CT molecular complexity index is 515.